The lowest BCUT2D eigenvalue weighted by Gasteiger charge is -2.15. The van der Waals surface area contributed by atoms with Crippen LogP contribution >= 0.6 is 11.6 Å². The van der Waals surface area contributed by atoms with E-state index in [1.807, 2.05) is 30.3 Å². The van der Waals surface area contributed by atoms with Gasteiger partial charge in [-0.3, -0.25) is 4.79 Å². The van der Waals surface area contributed by atoms with Crippen LogP contribution in [0.2, 0.25) is 5.02 Å². The fourth-order valence-electron chi connectivity index (χ4n) is 2.72. The quantitative estimate of drug-likeness (QED) is 0.539. The number of hydrogen-bond acceptors (Lipinski definition) is 4. The third kappa shape index (κ3) is 5.82. The molecule has 3 rings (SSSR count). The first-order valence-corrected chi connectivity index (χ1v) is 11.1. The van der Waals surface area contributed by atoms with Gasteiger partial charge in [-0.1, -0.05) is 54.1 Å². The smallest absolute Gasteiger partial charge is 0.262 e. The highest BCUT2D eigenvalue weighted by Gasteiger charge is 2.18. The number of nitrogens with one attached hydrogen (secondary N) is 2. The van der Waals surface area contributed by atoms with Gasteiger partial charge in [0.15, 0.2) is 6.61 Å². The molecule has 0 fully saturated rings. The second-order valence-corrected chi connectivity index (χ2v) is 8.66. The molecule has 3 aromatic carbocycles. The van der Waals surface area contributed by atoms with Crippen LogP contribution in [0.3, 0.4) is 0 Å². The molecule has 0 aliphatic rings. The van der Waals surface area contributed by atoms with Crippen LogP contribution in [0.5, 0.6) is 5.75 Å². The highest BCUT2D eigenvalue weighted by Crippen LogP contribution is 2.21. The third-order valence-electron chi connectivity index (χ3n) is 4.28. The zero-order valence-electron chi connectivity index (χ0n) is 16.2. The molecule has 0 radical (unpaired) electrons. The Hall–Kier alpha value is -2.87. The summed E-state index contributed by atoms with van der Waals surface area (Å²) < 4.78 is 33.3. The Morgan fingerprint density at radius 2 is 1.60 bits per heavy atom. The lowest BCUT2D eigenvalue weighted by atomic mass is 10.1. The van der Waals surface area contributed by atoms with Crippen molar-refractivity contribution in [3.63, 3.8) is 0 Å². The molecule has 2 N–H and O–H groups in total. The van der Waals surface area contributed by atoms with Crippen molar-refractivity contribution >= 4 is 33.2 Å². The number of sulfonamides is 1. The van der Waals surface area contributed by atoms with E-state index < -0.39 is 10.0 Å². The number of amides is 1. The van der Waals surface area contributed by atoms with Crippen molar-refractivity contribution in [2.45, 2.75) is 17.9 Å². The van der Waals surface area contributed by atoms with Gasteiger partial charge in [-0.25, -0.2) is 13.1 Å². The Morgan fingerprint density at radius 1 is 0.967 bits per heavy atom. The number of carbonyl (C=O) groups excluding carboxylic acids is 1. The van der Waals surface area contributed by atoms with Crippen LogP contribution < -0.4 is 14.8 Å². The standard InChI is InChI=1S/C22H21ClN2O4S/c1-16(17-7-3-2-4-8-17)25-30(27,28)19-13-11-18(12-14-19)29-15-22(26)24-21-10-6-5-9-20(21)23/h2-14,16,25H,15H2,1H3,(H,24,26). The number of ether oxygens (including phenoxy) is 1. The number of halogens is 1. The van der Waals surface area contributed by atoms with Crippen molar-refractivity contribution < 1.29 is 17.9 Å². The molecule has 0 saturated carbocycles. The molecule has 0 bridgehead atoms. The van der Waals surface area contributed by atoms with Gasteiger partial charge in [-0.15, -0.1) is 0 Å². The van der Waals surface area contributed by atoms with Crippen LogP contribution in [0.15, 0.2) is 83.8 Å². The molecule has 8 heteroatoms. The van der Waals surface area contributed by atoms with Gasteiger partial charge in [0.05, 0.1) is 15.6 Å². The van der Waals surface area contributed by atoms with Crippen LogP contribution in [-0.2, 0) is 14.8 Å². The van der Waals surface area contributed by atoms with Crippen molar-refractivity contribution in [3.05, 3.63) is 89.4 Å². The SMILES string of the molecule is CC(NS(=O)(=O)c1ccc(OCC(=O)Nc2ccccc2Cl)cc1)c1ccccc1. The summed E-state index contributed by atoms with van der Waals surface area (Å²) in [6.45, 7) is 1.54. The maximum Gasteiger partial charge on any atom is 0.262 e. The second-order valence-electron chi connectivity index (χ2n) is 6.54. The zero-order chi connectivity index (χ0) is 21.6. The molecule has 1 unspecified atom stereocenters. The maximum atomic E-state index is 12.6. The van der Waals surface area contributed by atoms with Gasteiger partial charge >= 0.3 is 0 Å². The van der Waals surface area contributed by atoms with E-state index in [1.165, 1.54) is 24.3 Å². The van der Waals surface area contributed by atoms with Gasteiger partial charge in [-0.2, -0.15) is 0 Å². The summed E-state index contributed by atoms with van der Waals surface area (Å²) in [6, 6.07) is 21.7. The molecule has 0 spiro atoms. The van der Waals surface area contributed by atoms with E-state index in [2.05, 4.69) is 10.0 Å². The molecule has 0 aliphatic heterocycles. The van der Waals surface area contributed by atoms with E-state index in [1.54, 1.807) is 31.2 Å². The Bertz CT molecular complexity index is 1100. The minimum absolute atomic E-state index is 0.109. The number of para-hydroxylation sites is 1. The predicted molar refractivity (Wildman–Crippen MR) is 117 cm³/mol. The molecule has 0 saturated heterocycles. The average Bonchev–Trinajstić information content (AvgIpc) is 2.74. The topological polar surface area (TPSA) is 84.5 Å². The molecule has 0 aromatic heterocycles. The van der Waals surface area contributed by atoms with Gasteiger partial charge in [0, 0.05) is 6.04 Å². The van der Waals surface area contributed by atoms with Crippen molar-refractivity contribution in [2.75, 3.05) is 11.9 Å². The van der Waals surface area contributed by atoms with E-state index in [0.29, 0.717) is 16.5 Å². The number of benzene rings is 3. The molecule has 156 valence electrons. The highest BCUT2D eigenvalue weighted by atomic mass is 35.5. The number of rotatable bonds is 8. The van der Waals surface area contributed by atoms with Gasteiger partial charge in [-0.05, 0) is 48.9 Å². The van der Waals surface area contributed by atoms with Gasteiger partial charge in [0.1, 0.15) is 5.75 Å². The first kappa shape index (κ1) is 21.8. The van der Waals surface area contributed by atoms with E-state index in [9.17, 15) is 13.2 Å². The van der Waals surface area contributed by atoms with Crippen LogP contribution in [0.25, 0.3) is 0 Å². The summed E-state index contributed by atoms with van der Waals surface area (Å²) in [5, 5.41) is 3.08. The second kappa shape index (κ2) is 9.75. The van der Waals surface area contributed by atoms with Crippen LogP contribution in [0.1, 0.15) is 18.5 Å². The maximum absolute atomic E-state index is 12.6. The van der Waals surface area contributed by atoms with E-state index in [4.69, 9.17) is 16.3 Å². The van der Waals surface area contributed by atoms with Crippen molar-refractivity contribution in [2.24, 2.45) is 0 Å². The minimum Gasteiger partial charge on any atom is -0.484 e. The summed E-state index contributed by atoms with van der Waals surface area (Å²) in [7, 11) is -3.70. The van der Waals surface area contributed by atoms with E-state index in [0.717, 1.165) is 5.56 Å². The summed E-state index contributed by atoms with van der Waals surface area (Å²) in [5.41, 5.74) is 1.36. The first-order chi connectivity index (χ1) is 14.3. The number of anilines is 1. The average molecular weight is 445 g/mol. The number of carbonyl (C=O) groups is 1. The van der Waals surface area contributed by atoms with Crippen LogP contribution in [0.4, 0.5) is 5.69 Å². The third-order valence-corrected chi connectivity index (χ3v) is 6.17. The Morgan fingerprint density at radius 3 is 2.27 bits per heavy atom. The van der Waals surface area contributed by atoms with Crippen LogP contribution in [0, 0.1) is 0 Å². The fraction of sp³-hybridized carbons (Fsp3) is 0.136. The van der Waals surface area contributed by atoms with Gasteiger partial charge in [0.25, 0.3) is 5.91 Å². The van der Waals surface area contributed by atoms with Gasteiger partial charge < -0.3 is 10.1 Å². The van der Waals surface area contributed by atoms with E-state index in [-0.39, 0.29) is 23.5 Å². The first-order valence-electron chi connectivity index (χ1n) is 9.20. The van der Waals surface area contributed by atoms with Crippen molar-refractivity contribution in [3.8, 4) is 5.75 Å². The molecular weight excluding hydrogens is 424 g/mol. The molecule has 1 atom stereocenters. The molecule has 0 aliphatic carbocycles. The Kier molecular flexibility index (Phi) is 7.10. The van der Waals surface area contributed by atoms with Crippen LogP contribution in [-0.4, -0.2) is 20.9 Å². The summed E-state index contributed by atoms with van der Waals surface area (Å²) in [5.74, 6) is -0.00230. The number of hydrogen-bond donors (Lipinski definition) is 2. The van der Waals surface area contributed by atoms with Crippen molar-refractivity contribution in [1.29, 1.82) is 0 Å². The molecule has 1 amide bonds. The summed E-state index contributed by atoms with van der Waals surface area (Å²) in [4.78, 5) is 12.1. The van der Waals surface area contributed by atoms with Gasteiger partial charge in [0.2, 0.25) is 10.0 Å². The zero-order valence-corrected chi connectivity index (χ0v) is 17.8. The molecule has 3 aromatic rings. The summed E-state index contributed by atoms with van der Waals surface area (Å²) in [6.07, 6.45) is 0. The molecule has 30 heavy (non-hydrogen) atoms. The lowest BCUT2D eigenvalue weighted by Crippen LogP contribution is -2.26. The predicted octanol–water partition coefficient (Wildman–Crippen LogP) is 4.40. The Balaban J connectivity index is 1.57. The molecule has 6 nitrogen and oxygen atoms in total. The normalized spacial score (nSPS) is 12.2. The molecule has 0 heterocycles. The summed E-state index contributed by atoms with van der Waals surface area (Å²) >= 11 is 6.00. The molecular formula is C22H21ClN2O4S. The lowest BCUT2D eigenvalue weighted by molar-refractivity contribution is -0.118. The van der Waals surface area contributed by atoms with E-state index >= 15 is 0 Å². The fourth-order valence-corrected chi connectivity index (χ4v) is 4.14. The monoisotopic (exact) mass is 444 g/mol. The van der Waals surface area contributed by atoms with Crippen molar-refractivity contribution in [1.82, 2.24) is 4.72 Å². The minimum atomic E-state index is -3.70. The largest absolute Gasteiger partial charge is 0.484 e. The Labute approximate surface area is 180 Å². The highest BCUT2D eigenvalue weighted by molar-refractivity contribution is 7.89.